The number of hydrogen-bond acceptors (Lipinski definition) is 2. The predicted molar refractivity (Wildman–Crippen MR) is 69.9 cm³/mol. The van der Waals surface area contributed by atoms with Crippen LogP contribution in [0.4, 0.5) is 0 Å². The fourth-order valence-electron chi connectivity index (χ4n) is 2.36. The molecule has 1 aromatic carbocycles. The van der Waals surface area contributed by atoms with Crippen molar-refractivity contribution in [3.05, 3.63) is 42.1 Å². The van der Waals surface area contributed by atoms with Gasteiger partial charge >= 0.3 is 0 Å². The van der Waals surface area contributed by atoms with Gasteiger partial charge < -0.3 is 5.11 Å². The van der Waals surface area contributed by atoms with Crippen LogP contribution in [-0.4, -0.2) is 10.1 Å². The first-order chi connectivity index (χ1) is 8.33. The molecule has 2 nitrogen and oxygen atoms in total. The van der Waals surface area contributed by atoms with Gasteiger partial charge in [0, 0.05) is 5.39 Å². The molecule has 1 aromatic heterocycles. The van der Waals surface area contributed by atoms with Crippen molar-refractivity contribution in [1.82, 2.24) is 4.98 Å². The molecule has 2 heteroatoms. The standard InChI is InChI=1S/C15H15NO/c17-13-7-9-15-12(10-13)6-8-14(16-15)11-4-2-1-3-5-11/h4,6-10,17H,1-3,5H2. The molecule has 0 unspecified atom stereocenters. The summed E-state index contributed by atoms with van der Waals surface area (Å²) >= 11 is 0. The third-order valence-corrected chi connectivity index (χ3v) is 3.29. The summed E-state index contributed by atoms with van der Waals surface area (Å²) in [6.07, 6.45) is 7.17. The number of pyridine rings is 1. The number of benzene rings is 1. The SMILES string of the molecule is Oc1ccc2nc(C3=CCCCC3)ccc2c1. The number of aromatic hydroxyl groups is 1. The average Bonchev–Trinajstić information content (AvgIpc) is 2.39. The van der Waals surface area contributed by atoms with Crippen molar-refractivity contribution in [2.24, 2.45) is 0 Å². The molecule has 0 bridgehead atoms. The van der Waals surface area contributed by atoms with Crippen LogP contribution in [0.5, 0.6) is 5.75 Å². The highest BCUT2D eigenvalue weighted by Crippen LogP contribution is 2.27. The lowest BCUT2D eigenvalue weighted by Gasteiger charge is -2.12. The molecule has 1 aliphatic carbocycles. The third-order valence-electron chi connectivity index (χ3n) is 3.29. The van der Waals surface area contributed by atoms with Crippen molar-refractivity contribution < 1.29 is 5.11 Å². The number of allylic oxidation sites excluding steroid dienone is 2. The van der Waals surface area contributed by atoms with Gasteiger partial charge in [0.2, 0.25) is 0 Å². The van der Waals surface area contributed by atoms with E-state index >= 15 is 0 Å². The summed E-state index contributed by atoms with van der Waals surface area (Å²) in [5, 5.41) is 10.4. The average molecular weight is 225 g/mol. The van der Waals surface area contributed by atoms with Gasteiger partial charge in [0.25, 0.3) is 0 Å². The molecule has 0 fully saturated rings. The van der Waals surface area contributed by atoms with Crippen LogP contribution in [0.1, 0.15) is 31.4 Å². The van der Waals surface area contributed by atoms with Crippen molar-refractivity contribution in [3.8, 4) is 5.75 Å². The monoisotopic (exact) mass is 225 g/mol. The largest absolute Gasteiger partial charge is 0.508 e. The fraction of sp³-hybridized carbons (Fsp3) is 0.267. The summed E-state index contributed by atoms with van der Waals surface area (Å²) in [4.78, 5) is 4.66. The molecule has 0 radical (unpaired) electrons. The lowest BCUT2D eigenvalue weighted by atomic mass is 9.96. The topological polar surface area (TPSA) is 33.1 Å². The zero-order valence-electron chi connectivity index (χ0n) is 9.69. The molecule has 17 heavy (non-hydrogen) atoms. The minimum Gasteiger partial charge on any atom is -0.508 e. The summed E-state index contributed by atoms with van der Waals surface area (Å²) in [5.74, 6) is 0.295. The van der Waals surface area contributed by atoms with E-state index in [-0.39, 0.29) is 0 Å². The second-order valence-electron chi connectivity index (χ2n) is 4.55. The number of aromatic nitrogens is 1. The Bertz CT molecular complexity index is 586. The summed E-state index contributed by atoms with van der Waals surface area (Å²) in [6, 6.07) is 9.40. The Morgan fingerprint density at radius 1 is 1.06 bits per heavy atom. The molecule has 0 spiro atoms. The van der Waals surface area contributed by atoms with Crippen molar-refractivity contribution in [2.75, 3.05) is 0 Å². The van der Waals surface area contributed by atoms with E-state index in [9.17, 15) is 5.11 Å². The molecule has 1 aliphatic rings. The Hall–Kier alpha value is -1.83. The van der Waals surface area contributed by atoms with E-state index in [1.54, 1.807) is 12.1 Å². The van der Waals surface area contributed by atoms with Gasteiger partial charge in [-0.2, -0.15) is 0 Å². The van der Waals surface area contributed by atoms with Gasteiger partial charge in [-0.25, -0.2) is 4.98 Å². The van der Waals surface area contributed by atoms with E-state index in [1.807, 2.05) is 12.1 Å². The number of fused-ring (bicyclic) bond motifs is 1. The summed E-state index contributed by atoms with van der Waals surface area (Å²) in [7, 11) is 0. The molecule has 1 N–H and O–H groups in total. The maximum Gasteiger partial charge on any atom is 0.116 e. The molecular formula is C15H15NO. The molecular weight excluding hydrogens is 210 g/mol. The highest BCUT2D eigenvalue weighted by atomic mass is 16.3. The molecule has 0 saturated heterocycles. The Morgan fingerprint density at radius 2 is 2.00 bits per heavy atom. The highest BCUT2D eigenvalue weighted by Gasteiger charge is 2.08. The first-order valence-electron chi connectivity index (χ1n) is 6.12. The molecule has 0 amide bonds. The second kappa shape index (κ2) is 4.21. The molecule has 3 rings (SSSR count). The fourth-order valence-corrected chi connectivity index (χ4v) is 2.36. The van der Waals surface area contributed by atoms with Crippen LogP contribution in [0.2, 0.25) is 0 Å². The van der Waals surface area contributed by atoms with E-state index in [0.29, 0.717) is 5.75 Å². The summed E-state index contributed by atoms with van der Waals surface area (Å²) in [5.41, 5.74) is 3.40. The zero-order valence-corrected chi connectivity index (χ0v) is 9.69. The van der Waals surface area contributed by atoms with Gasteiger partial charge in [-0.1, -0.05) is 12.1 Å². The van der Waals surface area contributed by atoms with Crippen molar-refractivity contribution >= 4 is 16.5 Å². The van der Waals surface area contributed by atoms with E-state index in [2.05, 4.69) is 17.1 Å². The second-order valence-corrected chi connectivity index (χ2v) is 4.55. The minimum atomic E-state index is 0.295. The van der Waals surface area contributed by atoms with Crippen molar-refractivity contribution in [1.29, 1.82) is 0 Å². The van der Waals surface area contributed by atoms with Crippen LogP contribution in [-0.2, 0) is 0 Å². The lowest BCUT2D eigenvalue weighted by Crippen LogP contribution is -1.94. The number of hydrogen-bond donors (Lipinski definition) is 1. The third kappa shape index (κ3) is 2.03. The van der Waals surface area contributed by atoms with Crippen LogP contribution in [0, 0.1) is 0 Å². The number of nitrogens with zero attached hydrogens (tertiary/aromatic N) is 1. The Balaban J connectivity index is 2.07. The number of rotatable bonds is 1. The Morgan fingerprint density at radius 3 is 2.82 bits per heavy atom. The molecule has 0 atom stereocenters. The van der Waals surface area contributed by atoms with Crippen LogP contribution >= 0.6 is 0 Å². The van der Waals surface area contributed by atoms with Gasteiger partial charge in [0.05, 0.1) is 11.2 Å². The normalized spacial score (nSPS) is 15.9. The van der Waals surface area contributed by atoms with E-state index in [4.69, 9.17) is 0 Å². The minimum absolute atomic E-state index is 0.295. The molecule has 1 heterocycles. The van der Waals surface area contributed by atoms with E-state index < -0.39 is 0 Å². The van der Waals surface area contributed by atoms with Gasteiger partial charge in [-0.05, 0) is 55.5 Å². The van der Waals surface area contributed by atoms with E-state index in [0.717, 1.165) is 23.0 Å². The predicted octanol–water partition coefficient (Wildman–Crippen LogP) is 3.90. The molecule has 0 saturated carbocycles. The smallest absolute Gasteiger partial charge is 0.116 e. The van der Waals surface area contributed by atoms with E-state index in [1.165, 1.54) is 24.8 Å². The Kier molecular flexibility index (Phi) is 2.56. The molecule has 86 valence electrons. The summed E-state index contributed by atoms with van der Waals surface area (Å²) in [6.45, 7) is 0. The van der Waals surface area contributed by atoms with Gasteiger partial charge in [-0.3, -0.25) is 0 Å². The van der Waals surface area contributed by atoms with Crippen LogP contribution in [0.25, 0.3) is 16.5 Å². The van der Waals surface area contributed by atoms with Gasteiger partial charge in [-0.15, -0.1) is 0 Å². The maximum atomic E-state index is 9.41. The summed E-state index contributed by atoms with van der Waals surface area (Å²) < 4.78 is 0. The van der Waals surface area contributed by atoms with Gasteiger partial charge in [0.15, 0.2) is 0 Å². The van der Waals surface area contributed by atoms with Crippen LogP contribution in [0.3, 0.4) is 0 Å². The van der Waals surface area contributed by atoms with Crippen LogP contribution in [0.15, 0.2) is 36.4 Å². The highest BCUT2D eigenvalue weighted by molar-refractivity contribution is 5.82. The maximum absolute atomic E-state index is 9.41. The quantitative estimate of drug-likeness (QED) is 0.798. The first kappa shape index (κ1) is 10.3. The van der Waals surface area contributed by atoms with Crippen molar-refractivity contribution in [2.45, 2.75) is 25.7 Å². The lowest BCUT2D eigenvalue weighted by molar-refractivity contribution is 0.476. The molecule has 0 aliphatic heterocycles. The zero-order chi connectivity index (χ0) is 11.7. The van der Waals surface area contributed by atoms with Gasteiger partial charge in [0.1, 0.15) is 5.75 Å². The Labute approximate surface area is 101 Å². The number of phenolic OH excluding ortho intramolecular Hbond substituents is 1. The molecule has 2 aromatic rings. The number of phenols is 1. The first-order valence-corrected chi connectivity index (χ1v) is 6.12. The van der Waals surface area contributed by atoms with Crippen LogP contribution < -0.4 is 0 Å². The van der Waals surface area contributed by atoms with Crippen molar-refractivity contribution in [3.63, 3.8) is 0 Å².